The molecule has 0 bridgehead atoms. The standard InChI is InChI=1S/C18H23N3O2/c22-18(16-4-2-6-20-11-16)8-15-7-17(12-21-10-15)23-13-14-3-1-5-19-9-14/h1-6,9,11,15,17-18,21-22H,7-8,10,12-13H2/t15-,17-,18-/m1/s1. The molecule has 5 nitrogen and oxygen atoms in total. The number of aliphatic hydroxyl groups is 1. The second-order valence-corrected chi connectivity index (χ2v) is 6.09. The summed E-state index contributed by atoms with van der Waals surface area (Å²) < 4.78 is 5.99. The third kappa shape index (κ3) is 4.82. The molecule has 0 spiro atoms. The Kier molecular flexibility index (Phi) is 5.69. The van der Waals surface area contributed by atoms with Crippen molar-refractivity contribution in [2.45, 2.75) is 31.7 Å². The van der Waals surface area contributed by atoms with Gasteiger partial charge in [-0.05, 0) is 48.6 Å². The highest BCUT2D eigenvalue weighted by atomic mass is 16.5. The van der Waals surface area contributed by atoms with Crippen LogP contribution in [0.2, 0.25) is 0 Å². The quantitative estimate of drug-likeness (QED) is 0.855. The summed E-state index contributed by atoms with van der Waals surface area (Å²) >= 11 is 0. The molecule has 3 rings (SSSR count). The number of aliphatic hydroxyl groups excluding tert-OH is 1. The number of hydrogen-bond acceptors (Lipinski definition) is 5. The van der Waals surface area contributed by atoms with Crippen LogP contribution >= 0.6 is 0 Å². The van der Waals surface area contributed by atoms with Crippen molar-refractivity contribution in [3.63, 3.8) is 0 Å². The Hall–Kier alpha value is -1.82. The number of aromatic nitrogens is 2. The predicted octanol–water partition coefficient (Wildman–Crippen LogP) is 2.09. The second-order valence-electron chi connectivity index (χ2n) is 6.09. The van der Waals surface area contributed by atoms with Crippen molar-refractivity contribution in [2.24, 2.45) is 5.92 Å². The van der Waals surface area contributed by atoms with Gasteiger partial charge in [0.05, 0.1) is 18.8 Å². The molecule has 2 aromatic heterocycles. The van der Waals surface area contributed by atoms with Gasteiger partial charge in [0.25, 0.3) is 0 Å². The van der Waals surface area contributed by atoms with Crippen LogP contribution in [-0.4, -0.2) is 34.3 Å². The van der Waals surface area contributed by atoms with Crippen molar-refractivity contribution in [1.82, 2.24) is 15.3 Å². The summed E-state index contributed by atoms with van der Waals surface area (Å²) in [6.07, 6.45) is 8.46. The van der Waals surface area contributed by atoms with Crippen LogP contribution in [0.1, 0.15) is 30.1 Å². The van der Waals surface area contributed by atoms with Gasteiger partial charge in [-0.3, -0.25) is 9.97 Å². The Bertz CT molecular complexity index is 579. The molecule has 0 radical (unpaired) electrons. The van der Waals surface area contributed by atoms with Crippen LogP contribution in [0.5, 0.6) is 0 Å². The molecule has 0 unspecified atom stereocenters. The lowest BCUT2D eigenvalue weighted by Crippen LogP contribution is -2.41. The molecule has 2 aromatic rings. The Labute approximate surface area is 136 Å². The first kappa shape index (κ1) is 16.1. The lowest BCUT2D eigenvalue weighted by atomic mass is 9.90. The molecule has 1 saturated heterocycles. The average Bonchev–Trinajstić information content (AvgIpc) is 2.62. The van der Waals surface area contributed by atoms with E-state index in [0.717, 1.165) is 37.1 Å². The fraction of sp³-hybridized carbons (Fsp3) is 0.444. The highest BCUT2D eigenvalue weighted by molar-refractivity contribution is 5.12. The Morgan fingerprint density at radius 2 is 2.00 bits per heavy atom. The number of rotatable bonds is 6. The summed E-state index contributed by atoms with van der Waals surface area (Å²) in [5, 5.41) is 13.8. The van der Waals surface area contributed by atoms with Gasteiger partial charge in [-0.1, -0.05) is 12.1 Å². The topological polar surface area (TPSA) is 67.3 Å². The average molecular weight is 313 g/mol. The second kappa shape index (κ2) is 8.15. The van der Waals surface area contributed by atoms with Gasteiger partial charge < -0.3 is 15.2 Å². The van der Waals surface area contributed by atoms with Gasteiger partial charge >= 0.3 is 0 Å². The molecule has 1 aliphatic rings. The molecule has 3 heterocycles. The molecular formula is C18H23N3O2. The van der Waals surface area contributed by atoms with E-state index in [1.807, 2.05) is 30.5 Å². The van der Waals surface area contributed by atoms with E-state index < -0.39 is 6.10 Å². The number of ether oxygens (including phenoxy) is 1. The third-order valence-electron chi connectivity index (χ3n) is 4.24. The summed E-state index contributed by atoms with van der Waals surface area (Å²) in [5.41, 5.74) is 1.97. The summed E-state index contributed by atoms with van der Waals surface area (Å²) in [6, 6.07) is 7.72. The lowest BCUT2D eigenvalue weighted by Gasteiger charge is -2.31. The van der Waals surface area contributed by atoms with E-state index >= 15 is 0 Å². The molecule has 23 heavy (non-hydrogen) atoms. The minimum Gasteiger partial charge on any atom is -0.388 e. The lowest BCUT2D eigenvalue weighted by molar-refractivity contribution is 0.00317. The van der Waals surface area contributed by atoms with Gasteiger partial charge in [-0.2, -0.15) is 0 Å². The van der Waals surface area contributed by atoms with Crippen LogP contribution in [0.15, 0.2) is 49.1 Å². The van der Waals surface area contributed by atoms with Crippen LogP contribution in [0.25, 0.3) is 0 Å². The molecule has 3 atom stereocenters. The van der Waals surface area contributed by atoms with E-state index in [1.165, 1.54) is 0 Å². The predicted molar refractivity (Wildman–Crippen MR) is 87.6 cm³/mol. The third-order valence-corrected chi connectivity index (χ3v) is 4.24. The van der Waals surface area contributed by atoms with Crippen LogP contribution in [0.4, 0.5) is 0 Å². The summed E-state index contributed by atoms with van der Waals surface area (Å²) in [6.45, 7) is 2.36. The van der Waals surface area contributed by atoms with Crippen LogP contribution in [0, 0.1) is 5.92 Å². The zero-order valence-electron chi connectivity index (χ0n) is 13.1. The molecule has 0 saturated carbocycles. The van der Waals surface area contributed by atoms with E-state index in [0.29, 0.717) is 12.5 Å². The maximum absolute atomic E-state index is 10.4. The van der Waals surface area contributed by atoms with Gasteiger partial charge in [-0.15, -0.1) is 0 Å². The minimum atomic E-state index is -0.465. The molecular weight excluding hydrogens is 290 g/mol. The van der Waals surface area contributed by atoms with E-state index in [4.69, 9.17) is 4.74 Å². The van der Waals surface area contributed by atoms with Gasteiger partial charge in [0.2, 0.25) is 0 Å². The smallest absolute Gasteiger partial charge is 0.0808 e. The molecule has 5 heteroatoms. The van der Waals surface area contributed by atoms with Crippen LogP contribution < -0.4 is 5.32 Å². The van der Waals surface area contributed by atoms with Gasteiger partial charge in [0.1, 0.15) is 0 Å². The van der Waals surface area contributed by atoms with Crippen molar-refractivity contribution in [2.75, 3.05) is 13.1 Å². The normalized spacial score (nSPS) is 22.7. The highest BCUT2D eigenvalue weighted by Crippen LogP contribution is 2.26. The van der Waals surface area contributed by atoms with Crippen molar-refractivity contribution >= 4 is 0 Å². The summed E-state index contributed by atoms with van der Waals surface area (Å²) in [5.74, 6) is 0.401. The van der Waals surface area contributed by atoms with E-state index in [2.05, 4.69) is 15.3 Å². The molecule has 1 aliphatic heterocycles. The number of nitrogens with one attached hydrogen (secondary N) is 1. The van der Waals surface area contributed by atoms with E-state index in [1.54, 1.807) is 18.6 Å². The van der Waals surface area contributed by atoms with E-state index in [9.17, 15) is 5.11 Å². The van der Waals surface area contributed by atoms with Crippen LogP contribution in [0.3, 0.4) is 0 Å². The highest BCUT2D eigenvalue weighted by Gasteiger charge is 2.24. The monoisotopic (exact) mass is 313 g/mol. The SMILES string of the molecule is O[C@H](C[C@@H]1CNC[C@H](OCc2cccnc2)C1)c1cccnc1. The molecule has 0 aromatic carbocycles. The summed E-state index contributed by atoms with van der Waals surface area (Å²) in [4.78, 5) is 8.17. The Morgan fingerprint density at radius 1 is 1.17 bits per heavy atom. The Morgan fingerprint density at radius 3 is 2.74 bits per heavy atom. The van der Waals surface area contributed by atoms with Crippen molar-refractivity contribution < 1.29 is 9.84 Å². The van der Waals surface area contributed by atoms with Crippen molar-refractivity contribution in [3.05, 3.63) is 60.2 Å². The molecule has 0 aliphatic carbocycles. The van der Waals surface area contributed by atoms with Gasteiger partial charge in [0, 0.05) is 31.3 Å². The molecule has 2 N–H and O–H groups in total. The number of pyridine rings is 2. The zero-order valence-corrected chi connectivity index (χ0v) is 13.1. The first-order chi connectivity index (χ1) is 11.3. The van der Waals surface area contributed by atoms with Crippen LogP contribution in [-0.2, 0) is 11.3 Å². The molecule has 0 amide bonds. The first-order valence-electron chi connectivity index (χ1n) is 8.10. The van der Waals surface area contributed by atoms with E-state index in [-0.39, 0.29) is 6.10 Å². The molecule has 122 valence electrons. The molecule has 1 fully saturated rings. The fourth-order valence-electron chi connectivity index (χ4n) is 3.02. The number of hydrogen-bond donors (Lipinski definition) is 2. The maximum Gasteiger partial charge on any atom is 0.0808 e. The summed E-state index contributed by atoms with van der Waals surface area (Å²) in [7, 11) is 0. The number of nitrogens with zero attached hydrogens (tertiary/aromatic N) is 2. The maximum atomic E-state index is 10.4. The van der Waals surface area contributed by atoms with Gasteiger partial charge in [-0.25, -0.2) is 0 Å². The Balaban J connectivity index is 1.48. The zero-order chi connectivity index (χ0) is 15.9. The van der Waals surface area contributed by atoms with Gasteiger partial charge in [0.15, 0.2) is 0 Å². The number of piperidine rings is 1. The minimum absolute atomic E-state index is 0.176. The van der Waals surface area contributed by atoms with Crippen molar-refractivity contribution in [1.29, 1.82) is 0 Å². The fourth-order valence-corrected chi connectivity index (χ4v) is 3.02. The van der Waals surface area contributed by atoms with Crippen molar-refractivity contribution in [3.8, 4) is 0 Å². The first-order valence-corrected chi connectivity index (χ1v) is 8.10. The largest absolute Gasteiger partial charge is 0.388 e.